The van der Waals surface area contributed by atoms with Crippen LogP contribution in [-0.4, -0.2) is 55.8 Å². The number of nitro benzene ring substituents is 1. The van der Waals surface area contributed by atoms with Gasteiger partial charge >= 0.3 is 0 Å². The molecule has 10 heteroatoms. The van der Waals surface area contributed by atoms with E-state index in [2.05, 4.69) is 15.0 Å². The molecule has 0 unspecified atom stereocenters. The molecule has 1 aliphatic heterocycles. The molecule has 1 aromatic carbocycles. The molecule has 1 N–H and O–H groups in total. The van der Waals surface area contributed by atoms with Gasteiger partial charge in [0.1, 0.15) is 0 Å². The van der Waals surface area contributed by atoms with Crippen LogP contribution in [-0.2, 0) is 11.2 Å². The molecule has 4 rings (SSSR count). The third-order valence-corrected chi connectivity index (χ3v) is 5.71. The largest absolute Gasteiger partial charge is 0.492 e. The van der Waals surface area contributed by atoms with Crippen LogP contribution in [0.5, 0.6) is 5.88 Å². The van der Waals surface area contributed by atoms with Crippen molar-refractivity contribution in [3.8, 4) is 5.88 Å². The molecular weight excluding hydrogens is 370 g/mol. The average Bonchev–Trinajstić information content (AvgIpc) is 3.23. The summed E-state index contributed by atoms with van der Waals surface area (Å²) in [6, 6.07) is 6.22. The summed E-state index contributed by atoms with van der Waals surface area (Å²) in [5, 5.41) is 26.1. The number of aryl methyl sites for hydroxylation is 1. The number of non-ortho nitro benzene ring substituents is 1. The molecule has 0 bridgehead atoms. The van der Waals surface area contributed by atoms with Gasteiger partial charge in [0, 0.05) is 31.6 Å². The number of hydrogen-bond acceptors (Lipinski definition) is 8. The van der Waals surface area contributed by atoms with E-state index in [0.717, 1.165) is 10.4 Å². The highest BCUT2D eigenvalue weighted by Crippen LogP contribution is 2.40. The van der Waals surface area contributed by atoms with Crippen molar-refractivity contribution < 1.29 is 14.8 Å². The van der Waals surface area contributed by atoms with Gasteiger partial charge in [-0.3, -0.25) is 15.0 Å². The summed E-state index contributed by atoms with van der Waals surface area (Å²) in [5.74, 6) is 0.749. The van der Waals surface area contributed by atoms with Gasteiger partial charge < -0.3 is 9.84 Å². The second-order valence-corrected chi connectivity index (χ2v) is 7.27. The Kier molecular flexibility index (Phi) is 4.77. The van der Waals surface area contributed by atoms with Gasteiger partial charge in [0.15, 0.2) is 5.82 Å². The molecule has 2 aromatic heterocycles. The first kappa shape index (κ1) is 17.8. The zero-order chi connectivity index (χ0) is 19.0. The Morgan fingerprint density at radius 2 is 2.04 bits per heavy atom. The summed E-state index contributed by atoms with van der Waals surface area (Å²) in [7, 11) is 0. The second-order valence-electron chi connectivity index (χ2n) is 6.27. The Bertz CT molecular complexity index is 962. The van der Waals surface area contributed by atoms with Crippen LogP contribution >= 0.6 is 11.3 Å². The van der Waals surface area contributed by atoms with Gasteiger partial charge in [-0.15, -0.1) is 5.10 Å². The Morgan fingerprint density at radius 1 is 1.33 bits per heavy atom. The molecule has 1 saturated heterocycles. The van der Waals surface area contributed by atoms with E-state index >= 15 is 0 Å². The van der Waals surface area contributed by atoms with Crippen LogP contribution in [0.25, 0.3) is 4.96 Å². The molecule has 3 heterocycles. The maximum absolute atomic E-state index is 11.0. The number of nitrogens with zero attached hydrogens (tertiary/aromatic N) is 5. The summed E-state index contributed by atoms with van der Waals surface area (Å²) >= 11 is 1.39. The van der Waals surface area contributed by atoms with Crippen molar-refractivity contribution in [2.45, 2.75) is 19.4 Å². The summed E-state index contributed by atoms with van der Waals surface area (Å²) in [6.45, 7) is 4.57. The summed E-state index contributed by atoms with van der Waals surface area (Å²) in [4.78, 5) is 18.6. The van der Waals surface area contributed by atoms with Crippen LogP contribution in [0.4, 0.5) is 5.69 Å². The van der Waals surface area contributed by atoms with Crippen LogP contribution < -0.4 is 0 Å². The molecule has 0 amide bonds. The van der Waals surface area contributed by atoms with E-state index < -0.39 is 4.92 Å². The number of fused-ring (bicyclic) bond motifs is 1. The van der Waals surface area contributed by atoms with Crippen molar-refractivity contribution in [1.29, 1.82) is 0 Å². The highest BCUT2D eigenvalue weighted by molar-refractivity contribution is 7.17. The summed E-state index contributed by atoms with van der Waals surface area (Å²) < 4.78 is 6.93. The number of hydrogen-bond donors (Lipinski definition) is 1. The highest BCUT2D eigenvalue weighted by Gasteiger charge is 2.30. The number of nitro groups is 1. The minimum atomic E-state index is -0.416. The number of aromatic hydroxyl groups is 1. The molecule has 0 aliphatic carbocycles. The Balaban J connectivity index is 1.79. The number of benzene rings is 1. The zero-order valence-electron chi connectivity index (χ0n) is 14.7. The van der Waals surface area contributed by atoms with E-state index in [9.17, 15) is 15.2 Å². The SMILES string of the molecule is CCc1nc2sc([C@@H](c3ccc([N+](=O)[O-])cc3)N3CCOCC3)c(O)n2n1. The molecule has 0 saturated carbocycles. The van der Waals surface area contributed by atoms with E-state index in [1.165, 1.54) is 28.0 Å². The van der Waals surface area contributed by atoms with Crippen LogP contribution in [0.2, 0.25) is 0 Å². The molecule has 1 fully saturated rings. The van der Waals surface area contributed by atoms with Crippen LogP contribution in [0.3, 0.4) is 0 Å². The fourth-order valence-corrected chi connectivity index (χ4v) is 4.40. The van der Waals surface area contributed by atoms with Crippen molar-refractivity contribution in [3.63, 3.8) is 0 Å². The molecule has 9 nitrogen and oxygen atoms in total. The molecular formula is C17H19N5O4S. The van der Waals surface area contributed by atoms with Crippen molar-refractivity contribution in [1.82, 2.24) is 19.5 Å². The molecule has 27 heavy (non-hydrogen) atoms. The van der Waals surface area contributed by atoms with Crippen molar-refractivity contribution in [2.75, 3.05) is 26.3 Å². The van der Waals surface area contributed by atoms with Crippen molar-refractivity contribution in [2.24, 2.45) is 0 Å². The third-order valence-electron chi connectivity index (χ3n) is 4.64. The van der Waals surface area contributed by atoms with Gasteiger partial charge in [-0.25, -0.2) is 4.98 Å². The number of rotatable bonds is 5. The fourth-order valence-electron chi connectivity index (χ4n) is 3.26. The minimum absolute atomic E-state index is 0.0407. The number of morpholine rings is 1. The lowest BCUT2D eigenvalue weighted by Crippen LogP contribution is -2.39. The van der Waals surface area contributed by atoms with Gasteiger partial charge in [0.25, 0.3) is 5.69 Å². The molecule has 142 valence electrons. The van der Waals surface area contributed by atoms with Crippen LogP contribution in [0.15, 0.2) is 24.3 Å². The first-order valence-corrected chi connectivity index (χ1v) is 9.53. The van der Waals surface area contributed by atoms with E-state index in [4.69, 9.17) is 4.74 Å². The maximum atomic E-state index is 11.0. The lowest BCUT2D eigenvalue weighted by molar-refractivity contribution is -0.384. The van der Waals surface area contributed by atoms with Crippen LogP contribution in [0, 0.1) is 10.1 Å². The van der Waals surface area contributed by atoms with Gasteiger partial charge in [-0.1, -0.05) is 30.4 Å². The maximum Gasteiger partial charge on any atom is 0.269 e. The lowest BCUT2D eigenvalue weighted by atomic mass is 10.0. The van der Waals surface area contributed by atoms with Gasteiger partial charge in [0.2, 0.25) is 10.8 Å². The first-order valence-electron chi connectivity index (χ1n) is 8.72. The number of ether oxygens (including phenoxy) is 1. The lowest BCUT2D eigenvalue weighted by Gasteiger charge is -2.34. The second kappa shape index (κ2) is 7.22. The Labute approximate surface area is 159 Å². The molecule has 0 spiro atoms. The van der Waals surface area contributed by atoms with E-state index in [-0.39, 0.29) is 17.6 Å². The van der Waals surface area contributed by atoms with E-state index in [1.807, 2.05) is 6.92 Å². The van der Waals surface area contributed by atoms with Gasteiger partial charge in [-0.2, -0.15) is 4.52 Å². The Morgan fingerprint density at radius 3 is 2.63 bits per heavy atom. The fraction of sp³-hybridized carbons (Fsp3) is 0.412. The Hall–Kier alpha value is -2.56. The van der Waals surface area contributed by atoms with Gasteiger partial charge in [-0.05, 0) is 5.56 Å². The predicted molar refractivity (Wildman–Crippen MR) is 99.2 cm³/mol. The number of aromatic nitrogens is 3. The first-order chi connectivity index (χ1) is 13.1. The smallest absolute Gasteiger partial charge is 0.269 e. The topological polar surface area (TPSA) is 106 Å². The third kappa shape index (κ3) is 3.27. The molecule has 1 atom stereocenters. The highest BCUT2D eigenvalue weighted by atomic mass is 32.1. The van der Waals surface area contributed by atoms with Crippen LogP contribution in [0.1, 0.15) is 29.2 Å². The average molecular weight is 389 g/mol. The summed E-state index contributed by atoms with van der Waals surface area (Å²) in [5.41, 5.74) is 0.914. The van der Waals surface area contributed by atoms with Gasteiger partial charge in [0.05, 0.1) is 29.1 Å². The quantitative estimate of drug-likeness (QED) is 0.527. The summed E-state index contributed by atoms with van der Waals surface area (Å²) in [6.07, 6.45) is 0.693. The molecule has 1 aliphatic rings. The molecule has 3 aromatic rings. The normalized spacial score (nSPS) is 16.6. The van der Waals surface area contributed by atoms with E-state index in [0.29, 0.717) is 43.5 Å². The number of thiazole rings is 1. The standard InChI is InChI=1S/C17H19N5O4S/c1-2-13-18-17-21(19-13)16(23)15(27-17)14(20-7-9-26-10-8-20)11-3-5-12(6-4-11)22(24)25/h3-6,14,23H,2,7-10H2,1H3/t14-/m1/s1. The van der Waals surface area contributed by atoms with E-state index in [1.54, 1.807) is 12.1 Å². The zero-order valence-corrected chi connectivity index (χ0v) is 15.6. The minimum Gasteiger partial charge on any atom is -0.492 e. The van der Waals surface area contributed by atoms with Crippen molar-refractivity contribution >= 4 is 22.0 Å². The predicted octanol–water partition coefficient (Wildman–Crippen LogP) is 2.39. The molecule has 0 radical (unpaired) electrons. The monoisotopic (exact) mass is 389 g/mol. The van der Waals surface area contributed by atoms with Crippen molar-refractivity contribution in [3.05, 3.63) is 50.6 Å².